The average molecular weight is 327 g/mol. The number of benzene rings is 2. The largest absolute Gasteiger partial charge is 0.478 e. The van der Waals surface area contributed by atoms with E-state index in [0.717, 1.165) is 0 Å². The van der Waals surface area contributed by atoms with Crippen molar-refractivity contribution >= 4 is 21.7 Å². The summed E-state index contributed by atoms with van der Waals surface area (Å²) >= 11 is 0. The van der Waals surface area contributed by atoms with Crippen LogP contribution in [-0.4, -0.2) is 19.5 Å². The minimum absolute atomic E-state index is 0.192. The molecule has 0 fully saturated rings. The molecule has 0 aliphatic heterocycles. The SMILES string of the molecule is Cc1ccc(NS(=O)(=O)c2cc(F)cc(F)c2)c(C(=O)O)c1. The number of sulfonamides is 1. The Balaban J connectivity index is 2.47. The summed E-state index contributed by atoms with van der Waals surface area (Å²) in [5, 5.41) is 9.09. The summed E-state index contributed by atoms with van der Waals surface area (Å²) in [5.74, 6) is -3.43. The lowest BCUT2D eigenvalue weighted by atomic mass is 10.1. The highest BCUT2D eigenvalue weighted by molar-refractivity contribution is 7.92. The van der Waals surface area contributed by atoms with Crippen molar-refractivity contribution in [3.8, 4) is 0 Å². The van der Waals surface area contributed by atoms with Gasteiger partial charge >= 0.3 is 5.97 Å². The predicted molar refractivity (Wildman–Crippen MR) is 75.3 cm³/mol. The summed E-state index contributed by atoms with van der Waals surface area (Å²) in [6.45, 7) is 1.65. The van der Waals surface area contributed by atoms with E-state index in [1.807, 2.05) is 4.72 Å². The molecule has 2 aromatic carbocycles. The Morgan fingerprint density at radius 2 is 1.68 bits per heavy atom. The maximum atomic E-state index is 13.1. The van der Waals surface area contributed by atoms with Crippen LogP contribution in [0.15, 0.2) is 41.3 Å². The zero-order valence-electron chi connectivity index (χ0n) is 11.3. The van der Waals surface area contributed by atoms with Crippen molar-refractivity contribution in [2.24, 2.45) is 0 Å². The molecule has 0 aliphatic carbocycles. The van der Waals surface area contributed by atoms with Gasteiger partial charge < -0.3 is 5.11 Å². The number of hydrogen-bond donors (Lipinski definition) is 2. The van der Waals surface area contributed by atoms with E-state index in [1.54, 1.807) is 6.92 Å². The summed E-state index contributed by atoms with van der Waals surface area (Å²) in [5.41, 5.74) is 0.167. The van der Waals surface area contributed by atoms with Crippen molar-refractivity contribution in [3.63, 3.8) is 0 Å². The highest BCUT2D eigenvalue weighted by atomic mass is 32.2. The van der Waals surface area contributed by atoms with Crippen molar-refractivity contribution in [1.29, 1.82) is 0 Å². The van der Waals surface area contributed by atoms with Crippen LogP contribution in [0.1, 0.15) is 15.9 Å². The van der Waals surface area contributed by atoms with Crippen LogP contribution in [0.4, 0.5) is 14.5 Å². The Hall–Kier alpha value is -2.48. The molecular weight excluding hydrogens is 316 g/mol. The van der Waals surface area contributed by atoms with Gasteiger partial charge in [0.1, 0.15) is 11.6 Å². The molecule has 0 radical (unpaired) electrons. The fourth-order valence-electron chi connectivity index (χ4n) is 1.81. The second kappa shape index (κ2) is 5.72. The van der Waals surface area contributed by atoms with Gasteiger partial charge in [-0.1, -0.05) is 11.6 Å². The van der Waals surface area contributed by atoms with Gasteiger partial charge in [-0.15, -0.1) is 0 Å². The molecule has 0 bridgehead atoms. The molecule has 2 N–H and O–H groups in total. The van der Waals surface area contributed by atoms with Crippen LogP contribution in [-0.2, 0) is 10.0 Å². The van der Waals surface area contributed by atoms with Gasteiger partial charge in [0.05, 0.1) is 16.1 Å². The summed E-state index contributed by atoms with van der Waals surface area (Å²) in [6.07, 6.45) is 0. The van der Waals surface area contributed by atoms with E-state index < -0.39 is 32.5 Å². The first-order valence-corrected chi connectivity index (χ1v) is 7.50. The molecule has 0 unspecified atom stereocenters. The van der Waals surface area contributed by atoms with Crippen molar-refractivity contribution in [2.45, 2.75) is 11.8 Å². The number of rotatable bonds is 4. The first-order valence-electron chi connectivity index (χ1n) is 6.02. The Morgan fingerprint density at radius 3 is 2.23 bits per heavy atom. The van der Waals surface area contributed by atoms with E-state index in [-0.39, 0.29) is 11.3 Å². The number of aryl methyl sites for hydroxylation is 1. The third kappa shape index (κ3) is 3.40. The zero-order chi connectivity index (χ0) is 16.5. The van der Waals surface area contributed by atoms with Crippen LogP contribution in [0.2, 0.25) is 0 Å². The van der Waals surface area contributed by atoms with Crippen LogP contribution in [0.3, 0.4) is 0 Å². The van der Waals surface area contributed by atoms with Crippen LogP contribution < -0.4 is 4.72 Å². The molecule has 0 atom stereocenters. The number of carbonyl (C=O) groups is 1. The van der Waals surface area contributed by atoms with Crippen molar-refractivity contribution in [2.75, 3.05) is 4.72 Å². The number of halogens is 2. The fraction of sp³-hybridized carbons (Fsp3) is 0.0714. The number of hydrogen-bond acceptors (Lipinski definition) is 3. The minimum atomic E-state index is -4.32. The van der Waals surface area contributed by atoms with Crippen LogP contribution in [0.25, 0.3) is 0 Å². The molecule has 22 heavy (non-hydrogen) atoms. The van der Waals surface area contributed by atoms with Gasteiger partial charge in [-0.3, -0.25) is 4.72 Å². The summed E-state index contributed by atoms with van der Waals surface area (Å²) in [7, 11) is -4.32. The summed E-state index contributed by atoms with van der Waals surface area (Å²) in [6, 6.07) is 5.88. The number of carboxylic acids is 1. The van der Waals surface area contributed by atoms with Crippen LogP contribution in [0.5, 0.6) is 0 Å². The average Bonchev–Trinajstić information content (AvgIpc) is 2.39. The minimum Gasteiger partial charge on any atom is -0.478 e. The van der Waals surface area contributed by atoms with E-state index in [9.17, 15) is 22.0 Å². The van der Waals surface area contributed by atoms with Gasteiger partial charge in [-0.25, -0.2) is 22.0 Å². The van der Waals surface area contributed by atoms with E-state index >= 15 is 0 Å². The molecule has 0 saturated carbocycles. The van der Waals surface area contributed by atoms with Crippen molar-refractivity contribution < 1.29 is 27.1 Å². The monoisotopic (exact) mass is 327 g/mol. The van der Waals surface area contributed by atoms with Gasteiger partial charge in [0.2, 0.25) is 0 Å². The summed E-state index contributed by atoms with van der Waals surface area (Å²) < 4.78 is 52.5. The van der Waals surface area contributed by atoms with Crippen molar-refractivity contribution in [3.05, 3.63) is 59.2 Å². The Labute approximate surface area is 125 Å². The second-order valence-electron chi connectivity index (χ2n) is 4.56. The van der Waals surface area contributed by atoms with E-state index in [4.69, 9.17) is 5.11 Å². The first-order chi connectivity index (χ1) is 10.2. The standard InChI is InChI=1S/C14H11F2NO4S/c1-8-2-3-13(12(4-8)14(18)19)17-22(20,21)11-6-9(15)5-10(16)7-11/h2-7,17H,1H3,(H,18,19). The molecule has 0 aliphatic rings. The number of aromatic carboxylic acids is 1. The van der Waals surface area contributed by atoms with Crippen LogP contribution >= 0.6 is 0 Å². The molecule has 0 saturated heterocycles. The second-order valence-corrected chi connectivity index (χ2v) is 6.25. The zero-order valence-corrected chi connectivity index (χ0v) is 12.1. The molecule has 2 rings (SSSR count). The molecule has 0 spiro atoms. The molecule has 0 heterocycles. The van der Waals surface area contributed by atoms with Gasteiger partial charge in [0, 0.05) is 6.07 Å². The van der Waals surface area contributed by atoms with Gasteiger partial charge in [-0.05, 0) is 31.2 Å². The Bertz CT molecular complexity index is 830. The quantitative estimate of drug-likeness (QED) is 0.904. The van der Waals surface area contributed by atoms with E-state index in [0.29, 0.717) is 23.8 Å². The molecule has 5 nitrogen and oxygen atoms in total. The van der Waals surface area contributed by atoms with E-state index in [1.165, 1.54) is 18.2 Å². The molecule has 0 aromatic heterocycles. The molecule has 116 valence electrons. The molecule has 2 aromatic rings. The lowest BCUT2D eigenvalue weighted by Gasteiger charge is -2.11. The smallest absolute Gasteiger partial charge is 0.337 e. The van der Waals surface area contributed by atoms with Gasteiger partial charge in [0.15, 0.2) is 0 Å². The third-order valence-electron chi connectivity index (χ3n) is 2.80. The molecule has 0 amide bonds. The normalized spacial score (nSPS) is 11.2. The van der Waals surface area contributed by atoms with Gasteiger partial charge in [-0.2, -0.15) is 0 Å². The Morgan fingerprint density at radius 1 is 1.09 bits per heavy atom. The molecular formula is C14H11F2NO4S. The first kappa shape index (κ1) is 15.9. The maximum absolute atomic E-state index is 13.1. The highest BCUT2D eigenvalue weighted by Crippen LogP contribution is 2.22. The predicted octanol–water partition coefficient (Wildman–Crippen LogP) is 2.77. The summed E-state index contributed by atoms with van der Waals surface area (Å²) in [4.78, 5) is 10.5. The van der Waals surface area contributed by atoms with Crippen molar-refractivity contribution in [1.82, 2.24) is 0 Å². The molecule has 8 heteroatoms. The topological polar surface area (TPSA) is 83.5 Å². The fourth-order valence-corrected chi connectivity index (χ4v) is 2.93. The number of anilines is 1. The van der Waals surface area contributed by atoms with E-state index in [2.05, 4.69) is 0 Å². The lowest BCUT2D eigenvalue weighted by molar-refractivity contribution is 0.0698. The Kier molecular flexibility index (Phi) is 4.14. The number of carboxylic acid groups (broad SMARTS) is 1. The third-order valence-corrected chi connectivity index (χ3v) is 4.14. The van der Waals surface area contributed by atoms with Crippen LogP contribution in [0, 0.1) is 18.6 Å². The highest BCUT2D eigenvalue weighted by Gasteiger charge is 2.20. The van der Waals surface area contributed by atoms with Gasteiger partial charge in [0.25, 0.3) is 10.0 Å². The number of nitrogens with one attached hydrogen (secondary N) is 1. The maximum Gasteiger partial charge on any atom is 0.337 e. The lowest BCUT2D eigenvalue weighted by Crippen LogP contribution is -2.16.